The minimum absolute atomic E-state index is 0.133. The Kier molecular flexibility index (Phi) is 4.78. The van der Waals surface area contributed by atoms with Gasteiger partial charge in [0.2, 0.25) is 5.78 Å². The van der Waals surface area contributed by atoms with Gasteiger partial charge in [-0.05, 0) is 49.4 Å². The van der Waals surface area contributed by atoms with Crippen LogP contribution >= 0.6 is 11.6 Å². The van der Waals surface area contributed by atoms with Gasteiger partial charge in [-0.25, -0.2) is 9.18 Å². The molecule has 22 heavy (non-hydrogen) atoms. The van der Waals surface area contributed by atoms with Crippen molar-refractivity contribution in [2.75, 3.05) is 0 Å². The first-order valence-corrected chi connectivity index (χ1v) is 6.75. The van der Waals surface area contributed by atoms with Crippen molar-refractivity contribution in [3.8, 4) is 5.75 Å². The molecule has 1 N–H and O–H groups in total. The second-order valence-corrected chi connectivity index (χ2v) is 5.02. The molecule has 0 aliphatic heterocycles. The lowest BCUT2D eigenvalue weighted by Crippen LogP contribution is -2.24. The number of ketones is 1. The third-order valence-corrected chi connectivity index (χ3v) is 3.20. The lowest BCUT2D eigenvalue weighted by Gasteiger charge is -2.13. The number of ether oxygens (including phenoxy) is 1. The van der Waals surface area contributed by atoms with Crippen molar-refractivity contribution in [2.45, 2.75) is 13.0 Å². The molecule has 2 rings (SSSR count). The van der Waals surface area contributed by atoms with Crippen LogP contribution in [0.15, 0.2) is 42.5 Å². The van der Waals surface area contributed by atoms with E-state index in [0.717, 1.165) is 12.1 Å². The fourth-order valence-corrected chi connectivity index (χ4v) is 1.97. The first kappa shape index (κ1) is 16.0. The highest BCUT2D eigenvalue weighted by Gasteiger charge is 2.22. The Morgan fingerprint density at radius 1 is 1.18 bits per heavy atom. The van der Waals surface area contributed by atoms with Crippen LogP contribution in [0.5, 0.6) is 5.75 Å². The van der Waals surface area contributed by atoms with Crippen LogP contribution in [0.1, 0.15) is 27.6 Å². The quantitative estimate of drug-likeness (QED) is 0.690. The van der Waals surface area contributed by atoms with Gasteiger partial charge in [-0.1, -0.05) is 11.6 Å². The van der Waals surface area contributed by atoms with Crippen molar-refractivity contribution in [3.63, 3.8) is 0 Å². The molecule has 0 bridgehead atoms. The standard InChI is InChI=1S/C16H12ClFO4/c1-9(15(20)10-2-5-12(18)6-3-10)22-16(21)13-8-11(17)4-7-14(13)19/h2-9,19H,1H3/t9-/m1/s1. The molecule has 0 aliphatic rings. The highest BCUT2D eigenvalue weighted by molar-refractivity contribution is 6.31. The summed E-state index contributed by atoms with van der Waals surface area (Å²) in [7, 11) is 0. The van der Waals surface area contributed by atoms with Gasteiger partial charge in [-0.3, -0.25) is 4.79 Å². The first-order chi connectivity index (χ1) is 10.4. The van der Waals surface area contributed by atoms with Crippen molar-refractivity contribution in [2.24, 2.45) is 0 Å². The highest BCUT2D eigenvalue weighted by atomic mass is 35.5. The molecule has 1 atom stereocenters. The van der Waals surface area contributed by atoms with Crippen LogP contribution in [-0.2, 0) is 4.74 Å². The summed E-state index contributed by atoms with van der Waals surface area (Å²) < 4.78 is 17.8. The maximum Gasteiger partial charge on any atom is 0.342 e. The summed E-state index contributed by atoms with van der Waals surface area (Å²) in [5.41, 5.74) is 0.0864. The number of hydrogen-bond acceptors (Lipinski definition) is 4. The van der Waals surface area contributed by atoms with E-state index < -0.39 is 23.7 Å². The van der Waals surface area contributed by atoms with E-state index in [1.807, 2.05) is 0 Å². The predicted octanol–water partition coefficient (Wildman–Crippen LogP) is 3.61. The van der Waals surface area contributed by atoms with E-state index in [1.165, 1.54) is 37.3 Å². The van der Waals surface area contributed by atoms with Gasteiger partial charge >= 0.3 is 5.97 Å². The van der Waals surface area contributed by atoms with Crippen LogP contribution in [0.25, 0.3) is 0 Å². The number of benzene rings is 2. The van der Waals surface area contributed by atoms with Crippen LogP contribution < -0.4 is 0 Å². The molecular weight excluding hydrogens is 311 g/mol. The molecule has 0 aliphatic carbocycles. The van der Waals surface area contributed by atoms with E-state index in [1.54, 1.807) is 0 Å². The van der Waals surface area contributed by atoms with Gasteiger partial charge in [0.15, 0.2) is 6.10 Å². The molecule has 2 aromatic rings. The van der Waals surface area contributed by atoms with Gasteiger partial charge in [0.05, 0.1) is 0 Å². The van der Waals surface area contributed by atoms with Crippen LogP contribution in [0, 0.1) is 5.82 Å². The number of carbonyl (C=O) groups excluding carboxylic acids is 2. The SMILES string of the molecule is C[C@@H](OC(=O)c1cc(Cl)ccc1O)C(=O)c1ccc(F)cc1. The molecule has 0 fully saturated rings. The second kappa shape index (κ2) is 6.58. The second-order valence-electron chi connectivity index (χ2n) is 4.58. The van der Waals surface area contributed by atoms with E-state index in [9.17, 15) is 19.1 Å². The van der Waals surface area contributed by atoms with E-state index >= 15 is 0 Å². The first-order valence-electron chi connectivity index (χ1n) is 6.38. The van der Waals surface area contributed by atoms with Crippen molar-refractivity contribution in [1.29, 1.82) is 0 Å². The van der Waals surface area contributed by atoms with E-state index in [4.69, 9.17) is 16.3 Å². The van der Waals surface area contributed by atoms with Crippen LogP contribution in [-0.4, -0.2) is 23.0 Å². The average molecular weight is 323 g/mol. The van der Waals surface area contributed by atoms with Crippen molar-refractivity contribution in [1.82, 2.24) is 0 Å². The van der Waals surface area contributed by atoms with Crippen molar-refractivity contribution < 1.29 is 23.8 Å². The Morgan fingerprint density at radius 2 is 1.82 bits per heavy atom. The topological polar surface area (TPSA) is 63.6 Å². The van der Waals surface area contributed by atoms with E-state index in [2.05, 4.69) is 0 Å². The normalized spacial score (nSPS) is 11.8. The molecule has 6 heteroatoms. The number of aromatic hydroxyl groups is 1. The zero-order valence-corrected chi connectivity index (χ0v) is 12.3. The third-order valence-electron chi connectivity index (χ3n) is 2.96. The Bertz CT molecular complexity index is 713. The minimum Gasteiger partial charge on any atom is -0.507 e. The maximum absolute atomic E-state index is 12.8. The van der Waals surface area contributed by atoms with E-state index in [0.29, 0.717) is 0 Å². The van der Waals surface area contributed by atoms with Crippen molar-refractivity contribution in [3.05, 3.63) is 64.4 Å². The molecule has 0 saturated carbocycles. The summed E-state index contributed by atoms with van der Waals surface area (Å²) in [5.74, 6) is -2.11. The number of rotatable bonds is 4. The molecule has 0 heterocycles. The van der Waals surface area contributed by atoms with Crippen LogP contribution in [0.2, 0.25) is 5.02 Å². The Hall–Kier alpha value is -2.40. The molecule has 0 radical (unpaired) electrons. The minimum atomic E-state index is -1.09. The van der Waals surface area contributed by atoms with Gasteiger partial charge in [0.1, 0.15) is 17.1 Å². The Balaban J connectivity index is 2.12. The number of halogens is 2. The molecule has 0 amide bonds. The lowest BCUT2D eigenvalue weighted by atomic mass is 10.1. The molecule has 4 nitrogen and oxygen atoms in total. The molecule has 0 aromatic heterocycles. The zero-order chi connectivity index (χ0) is 16.3. The molecule has 0 spiro atoms. The molecular formula is C16H12ClFO4. The summed E-state index contributed by atoms with van der Waals surface area (Å²) in [6.07, 6.45) is -1.09. The van der Waals surface area contributed by atoms with Crippen LogP contribution in [0.3, 0.4) is 0 Å². The summed E-state index contributed by atoms with van der Waals surface area (Å²) >= 11 is 5.75. The van der Waals surface area contributed by atoms with Gasteiger partial charge in [0.25, 0.3) is 0 Å². The zero-order valence-electron chi connectivity index (χ0n) is 11.5. The number of hydrogen-bond donors (Lipinski definition) is 1. The highest BCUT2D eigenvalue weighted by Crippen LogP contribution is 2.23. The van der Waals surface area contributed by atoms with Crippen molar-refractivity contribution >= 4 is 23.4 Å². The average Bonchev–Trinajstić information content (AvgIpc) is 2.49. The Labute approximate surface area is 131 Å². The lowest BCUT2D eigenvalue weighted by molar-refractivity contribution is 0.0316. The van der Waals surface area contributed by atoms with Gasteiger partial charge in [-0.2, -0.15) is 0 Å². The fraction of sp³-hybridized carbons (Fsp3) is 0.125. The number of phenols is 1. The summed E-state index contributed by atoms with van der Waals surface area (Å²) in [6, 6.07) is 8.81. The maximum atomic E-state index is 12.8. The summed E-state index contributed by atoms with van der Waals surface area (Å²) in [6.45, 7) is 1.39. The summed E-state index contributed by atoms with van der Waals surface area (Å²) in [4.78, 5) is 24.1. The number of Topliss-reactive ketones (excluding diaryl/α,β-unsaturated/α-hetero) is 1. The van der Waals surface area contributed by atoms with Gasteiger partial charge in [0, 0.05) is 10.6 Å². The van der Waals surface area contributed by atoms with Gasteiger partial charge in [-0.15, -0.1) is 0 Å². The Morgan fingerprint density at radius 3 is 2.45 bits per heavy atom. The number of phenolic OH excluding ortho intramolecular Hbond substituents is 1. The molecule has 2 aromatic carbocycles. The number of carbonyl (C=O) groups is 2. The summed E-state index contributed by atoms with van der Waals surface area (Å²) in [5, 5.41) is 9.87. The molecule has 114 valence electrons. The fourth-order valence-electron chi connectivity index (χ4n) is 1.80. The third kappa shape index (κ3) is 3.62. The smallest absolute Gasteiger partial charge is 0.342 e. The van der Waals surface area contributed by atoms with E-state index in [-0.39, 0.29) is 21.9 Å². The number of esters is 1. The predicted molar refractivity (Wildman–Crippen MR) is 78.7 cm³/mol. The molecule has 0 unspecified atom stereocenters. The monoisotopic (exact) mass is 322 g/mol. The van der Waals surface area contributed by atoms with Gasteiger partial charge < -0.3 is 9.84 Å². The largest absolute Gasteiger partial charge is 0.507 e. The molecule has 0 saturated heterocycles. The van der Waals surface area contributed by atoms with Crippen LogP contribution in [0.4, 0.5) is 4.39 Å².